The van der Waals surface area contributed by atoms with Crippen molar-refractivity contribution < 1.29 is 50.3 Å². The minimum Gasteiger partial charge on any atom is -0.376 e. The molecule has 23 heteroatoms. The highest BCUT2D eigenvalue weighted by atomic mass is 32.1. The number of urea groups is 2. The highest BCUT2D eigenvalue weighted by Gasteiger charge is 2.36. The molecule has 16 nitrogen and oxygen atoms in total. The van der Waals surface area contributed by atoms with Crippen LogP contribution in [0.1, 0.15) is 36.2 Å². The van der Waals surface area contributed by atoms with Gasteiger partial charge in [0.2, 0.25) is 17.7 Å². The van der Waals surface area contributed by atoms with Gasteiger partial charge in [0.15, 0.2) is 16.7 Å². The van der Waals surface area contributed by atoms with E-state index in [1.807, 2.05) is 26.8 Å². The summed E-state index contributed by atoms with van der Waals surface area (Å²) in [5.74, 6) is 0.188. The molecule has 2 aliphatic rings. The van der Waals surface area contributed by atoms with Gasteiger partial charge in [-0.2, -0.15) is 26.3 Å². The molecule has 0 unspecified atom stereocenters. The second-order valence-electron chi connectivity index (χ2n) is 16.1. The number of aryl methyl sites for hydroxylation is 2. The van der Waals surface area contributed by atoms with Crippen LogP contribution in [-0.2, 0) is 26.7 Å². The second kappa shape index (κ2) is 21.1. The first kappa shape index (κ1) is 52.3. The van der Waals surface area contributed by atoms with Crippen LogP contribution in [0.4, 0.5) is 64.8 Å². The number of nitrogens with two attached hydrogens (primary N) is 1. The highest BCUT2D eigenvalue weighted by molar-refractivity contribution is 7.80. The Bertz CT molecular complexity index is 2780. The number of halogens is 6. The van der Waals surface area contributed by atoms with E-state index in [1.54, 1.807) is 45.1 Å². The standard InChI is InChI=1S/C23H20F3N5O2.C17H14F3N5O2S.C6H13NO/c1-13-9-14(2)27-19(10-13)29-22(33)31-12-20(32)30(3)18-8-7-17(28-21(18)31)15-5-4-6-16(11-15)23(24,25)26;1-24-12-6-5-11(9-3-2-4-10(7-9)17(18,19)20)22-14(12)25(8-13(24)26)16(27)23-15(21)28;1-5(2)6(8)7(3)4/h4-11H,12H2,1-3H3,(H,27,29,33);2-7H,8H2,1H3,(H3,21,23,27,28);5H,1-4H3. The average Bonchev–Trinajstić information content (AvgIpc) is 3.27. The summed E-state index contributed by atoms with van der Waals surface area (Å²) in [5.41, 5.74) is 6.90. The number of benzene rings is 2. The summed E-state index contributed by atoms with van der Waals surface area (Å²) in [6.07, 6.45) is -9.00. The molecule has 0 fully saturated rings. The number of carbonyl (C=O) groups excluding carboxylic acids is 5. The number of hydrogen-bond donors (Lipinski definition) is 3. The van der Waals surface area contributed by atoms with Gasteiger partial charge in [-0.3, -0.25) is 34.8 Å². The van der Waals surface area contributed by atoms with E-state index >= 15 is 0 Å². The van der Waals surface area contributed by atoms with Crippen molar-refractivity contribution in [1.82, 2.24) is 25.2 Å². The number of nitrogens with zero attached hydrogens (tertiary/aromatic N) is 8. The molecule has 4 N–H and O–H groups in total. The van der Waals surface area contributed by atoms with E-state index < -0.39 is 35.5 Å². The van der Waals surface area contributed by atoms with Crippen LogP contribution in [0.2, 0.25) is 0 Å². The van der Waals surface area contributed by atoms with Crippen molar-refractivity contribution in [2.45, 2.75) is 40.0 Å². The Kier molecular flexibility index (Phi) is 16.0. The first-order valence-electron chi connectivity index (χ1n) is 20.7. The molecule has 7 rings (SSSR count). The van der Waals surface area contributed by atoms with Gasteiger partial charge in [0.25, 0.3) is 0 Å². The lowest BCUT2D eigenvalue weighted by atomic mass is 10.1. The third-order valence-electron chi connectivity index (χ3n) is 10.2. The van der Waals surface area contributed by atoms with Crippen molar-refractivity contribution in [3.8, 4) is 22.5 Å². The van der Waals surface area contributed by atoms with Gasteiger partial charge >= 0.3 is 24.4 Å². The minimum absolute atomic E-state index is 0.103. The fourth-order valence-corrected chi connectivity index (χ4v) is 6.93. The Hall–Kier alpha value is -7.69. The summed E-state index contributed by atoms with van der Waals surface area (Å²) in [7, 11) is 6.59. The SMILES string of the molecule is CC(C)C(=O)N(C)C.CN1C(=O)CN(C(=O)NC(N)=S)c2nc(-c3cccc(C(F)(F)F)c3)ccc21.Cc1cc(C)nc(NC(=O)N2CC(=O)N(C)c3ccc(-c4cccc(C(F)(F)F)c4)nc32)c1. The fourth-order valence-electron chi connectivity index (χ4n) is 6.84. The molecule has 0 radical (unpaired) electrons. The predicted molar refractivity (Wildman–Crippen MR) is 252 cm³/mol. The lowest BCUT2D eigenvalue weighted by Gasteiger charge is -2.33. The van der Waals surface area contributed by atoms with Crippen molar-refractivity contribution in [3.63, 3.8) is 0 Å². The Morgan fingerprint density at radius 3 is 1.52 bits per heavy atom. The Labute approximate surface area is 398 Å². The van der Waals surface area contributed by atoms with Gasteiger partial charge in [-0.05, 0) is 92.3 Å². The Morgan fingerprint density at radius 2 is 1.14 bits per heavy atom. The van der Waals surface area contributed by atoms with Gasteiger partial charge in [-0.15, -0.1) is 0 Å². The molecule has 0 atom stereocenters. The van der Waals surface area contributed by atoms with Crippen LogP contribution in [0.3, 0.4) is 0 Å². The first-order chi connectivity index (χ1) is 32.2. The zero-order valence-corrected chi connectivity index (χ0v) is 39.3. The summed E-state index contributed by atoms with van der Waals surface area (Å²) in [6.45, 7) is 6.84. The van der Waals surface area contributed by atoms with Crippen molar-refractivity contribution in [3.05, 3.63) is 107 Å². The van der Waals surface area contributed by atoms with Gasteiger partial charge in [0.05, 0.1) is 33.9 Å². The smallest absolute Gasteiger partial charge is 0.376 e. The molecule has 2 aliphatic heterocycles. The van der Waals surface area contributed by atoms with E-state index in [4.69, 9.17) is 5.73 Å². The van der Waals surface area contributed by atoms with Crippen LogP contribution in [-0.4, -0.2) is 96.0 Å². The summed E-state index contributed by atoms with van der Waals surface area (Å²) in [4.78, 5) is 80.3. The zero-order chi connectivity index (χ0) is 51.3. The first-order valence-corrected chi connectivity index (χ1v) is 21.1. The number of thiocarbonyl (C=S) groups is 1. The maximum absolute atomic E-state index is 13.2. The van der Waals surface area contributed by atoms with Crippen LogP contribution in [0.25, 0.3) is 22.5 Å². The molecule has 0 saturated carbocycles. The molecule has 2 aromatic carbocycles. The summed E-state index contributed by atoms with van der Waals surface area (Å²) >= 11 is 4.64. The second-order valence-corrected chi connectivity index (χ2v) is 16.5. The highest BCUT2D eigenvalue weighted by Crippen LogP contribution is 2.38. The van der Waals surface area contributed by atoms with Crippen molar-refractivity contribution in [1.29, 1.82) is 0 Å². The van der Waals surface area contributed by atoms with Gasteiger partial charge in [0.1, 0.15) is 18.9 Å². The van der Waals surface area contributed by atoms with E-state index in [9.17, 15) is 50.3 Å². The van der Waals surface area contributed by atoms with Crippen molar-refractivity contribution in [2.75, 3.05) is 66.2 Å². The molecule has 0 spiro atoms. The number of fused-ring (bicyclic) bond motifs is 2. The summed E-state index contributed by atoms with van der Waals surface area (Å²) in [5, 5.41) is 4.60. The van der Waals surface area contributed by atoms with Crippen LogP contribution >= 0.6 is 12.2 Å². The predicted octanol–water partition coefficient (Wildman–Crippen LogP) is 8.03. The summed E-state index contributed by atoms with van der Waals surface area (Å²) in [6, 6.07) is 17.7. The number of alkyl halides is 6. The number of aromatic nitrogens is 3. The number of rotatable bonds is 4. The molecule has 3 aromatic heterocycles. The van der Waals surface area contributed by atoms with E-state index in [0.717, 1.165) is 39.6 Å². The van der Waals surface area contributed by atoms with Gasteiger partial charge in [0, 0.05) is 50.9 Å². The van der Waals surface area contributed by atoms with Gasteiger partial charge < -0.3 is 20.4 Å². The normalized spacial score (nSPS) is 13.3. The van der Waals surface area contributed by atoms with E-state index in [0.29, 0.717) is 22.9 Å². The van der Waals surface area contributed by atoms with Gasteiger partial charge in [-0.1, -0.05) is 38.1 Å². The zero-order valence-electron chi connectivity index (χ0n) is 38.4. The third-order valence-corrected chi connectivity index (χ3v) is 10.3. The molecular weight excluding hydrogens is 933 g/mol. The number of likely N-dealkylation sites (N-methyl/N-ethyl adjacent to an activating group) is 2. The number of nitrogens with one attached hydrogen (secondary N) is 2. The van der Waals surface area contributed by atoms with Crippen LogP contribution < -0.4 is 36.0 Å². The number of pyridine rings is 3. The number of anilines is 5. The number of amides is 7. The third kappa shape index (κ3) is 12.9. The molecule has 5 aromatic rings. The fraction of sp³-hybridized carbons (Fsp3) is 0.283. The largest absolute Gasteiger partial charge is 0.416 e. The molecule has 364 valence electrons. The molecule has 69 heavy (non-hydrogen) atoms. The lowest BCUT2D eigenvalue weighted by Crippen LogP contribution is -2.52. The quantitative estimate of drug-likeness (QED) is 0.117. The molecule has 0 saturated heterocycles. The van der Waals surface area contributed by atoms with Crippen molar-refractivity contribution in [2.24, 2.45) is 11.7 Å². The Balaban J connectivity index is 0.000000225. The molecule has 0 bridgehead atoms. The molecule has 0 aliphatic carbocycles. The monoisotopic (exact) mass is 979 g/mol. The summed E-state index contributed by atoms with van der Waals surface area (Å²) < 4.78 is 78.4. The van der Waals surface area contributed by atoms with Crippen LogP contribution in [0, 0.1) is 19.8 Å². The number of hydrogen-bond acceptors (Lipinski definition) is 9. The maximum atomic E-state index is 13.2. The van der Waals surface area contributed by atoms with Crippen molar-refractivity contribution >= 4 is 75.9 Å². The van der Waals surface area contributed by atoms with E-state index in [-0.39, 0.29) is 76.0 Å². The molecule has 5 heterocycles. The molecule has 7 amide bonds. The van der Waals surface area contributed by atoms with E-state index in [2.05, 4.69) is 37.8 Å². The number of carbonyl (C=O) groups is 5. The topological polar surface area (TPSA) is 190 Å². The van der Waals surface area contributed by atoms with Gasteiger partial charge in [-0.25, -0.2) is 24.5 Å². The van der Waals surface area contributed by atoms with E-state index in [1.165, 1.54) is 59.3 Å². The van der Waals surface area contributed by atoms with Crippen LogP contribution in [0.5, 0.6) is 0 Å². The molecular formula is C46H47F6N11O5S. The van der Waals surface area contributed by atoms with Crippen LogP contribution in [0.15, 0.2) is 84.9 Å². The average molecular weight is 980 g/mol. The lowest BCUT2D eigenvalue weighted by molar-refractivity contribution is -0.138. The maximum Gasteiger partial charge on any atom is 0.416 e. The Morgan fingerprint density at radius 1 is 0.696 bits per heavy atom. The minimum atomic E-state index is -4.50.